The van der Waals surface area contributed by atoms with Gasteiger partial charge in [-0.2, -0.15) is 0 Å². The fourth-order valence-electron chi connectivity index (χ4n) is 2.44. The van der Waals surface area contributed by atoms with Crippen molar-refractivity contribution in [3.63, 3.8) is 0 Å². The van der Waals surface area contributed by atoms with E-state index in [9.17, 15) is 9.90 Å². The molecular weight excluding hydrogens is 216 g/mol. The standard InChI is InChI=1S/C14H18O3/c1-3-5-12-11(14(15)16)8-10-7-4-6-9(2)13(10)17-12/h4,6-7,11-12H,3,5,8H2,1-2H3,(H,15,16). The Morgan fingerprint density at radius 1 is 1.53 bits per heavy atom. The van der Waals surface area contributed by atoms with Crippen LogP contribution in [0.2, 0.25) is 0 Å². The molecule has 0 spiro atoms. The lowest BCUT2D eigenvalue weighted by Gasteiger charge is -2.32. The minimum absolute atomic E-state index is 0.189. The molecule has 2 atom stereocenters. The maximum atomic E-state index is 11.3. The lowest BCUT2D eigenvalue weighted by Crippen LogP contribution is -2.38. The molecule has 2 rings (SSSR count). The summed E-state index contributed by atoms with van der Waals surface area (Å²) in [5, 5.41) is 9.25. The highest BCUT2D eigenvalue weighted by molar-refractivity contribution is 5.72. The first-order chi connectivity index (χ1) is 8.13. The third kappa shape index (κ3) is 2.28. The molecule has 1 aliphatic heterocycles. The maximum Gasteiger partial charge on any atom is 0.310 e. The summed E-state index contributed by atoms with van der Waals surface area (Å²) in [4.78, 5) is 11.3. The number of aliphatic carboxylic acids is 1. The maximum absolute atomic E-state index is 11.3. The highest BCUT2D eigenvalue weighted by Crippen LogP contribution is 2.35. The SMILES string of the molecule is CCCC1Oc2c(C)cccc2CC1C(=O)O. The average Bonchev–Trinajstić information content (AvgIpc) is 2.29. The van der Waals surface area contributed by atoms with Crippen LogP contribution in [0, 0.1) is 12.8 Å². The quantitative estimate of drug-likeness (QED) is 0.874. The Kier molecular flexibility index (Phi) is 3.36. The van der Waals surface area contributed by atoms with E-state index < -0.39 is 11.9 Å². The predicted octanol–water partition coefficient (Wildman–Crippen LogP) is 2.80. The highest BCUT2D eigenvalue weighted by Gasteiger charge is 2.34. The number of rotatable bonds is 3. The topological polar surface area (TPSA) is 46.5 Å². The summed E-state index contributed by atoms with van der Waals surface area (Å²) in [6.07, 6.45) is 2.13. The number of ether oxygens (including phenoxy) is 1. The van der Waals surface area contributed by atoms with E-state index in [1.807, 2.05) is 25.1 Å². The van der Waals surface area contributed by atoms with Gasteiger partial charge in [-0.3, -0.25) is 4.79 Å². The molecule has 3 nitrogen and oxygen atoms in total. The van der Waals surface area contributed by atoms with E-state index in [0.717, 1.165) is 29.7 Å². The van der Waals surface area contributed by atoms with Crippen molar-refractivity contribution < 1.29 is 14.6 Å². The number of aryl methyl sites for hydroxylation is 1. The molecular formula is C14H18O3. The van der Waals surface area contributed by atoms with Crippen LogP contribution in [0.1, 0.15) is 30.9 Å². The van der Waals surface area contributed by atoms with Gasteiger partial charge in [0.05, 0.1) is 5.92 Å². The molecule has 1 heterocycles. The van der Waals surface area contributed by atoms with Crippen molar-refractivity contribution in [3.05, 3.63) is 29.3 Å². The fraction of sp³-hybridized carbons (Fsp3) is 0.500. The molecule has 92 valence electrons. The van der Waals surface area contributed by atoms with Crippen LogP contribution in [-0.2, 0) is 11.2 Å². The van der Waals surface area contributed by atoms with Crippen LogP contribution in [0.25, 0.3) is 0 Å². The predicted molar refractivity (Wildman–Crippen MR) is 65.3 cm³/mol. The van der Waals surface area contributed by atoms with Crippen molar-refractivity contribution in [2.24, 2.45) is 5.92 Å². The van der Waals surface area contributed by atoms with Crippen LogP contribution >= 0.6 is 0 Å². The van der Waals surface area contributed by atoms with Crippen LogP contribution in [-0.4, -0.2) is 17.2 Å². The highest BCUT2D eigenvalue weighted by atomic mass is 16.5. The molecule has 1 aromatic carbocycles. The summed E-state index contributed by atoms with van der Waals surface area (Å²) in [6, 6.07) is 5.92. The minimum Gasteiger partial charge on any atom is -0.489 e. The Bertz CT molecular complexity index is 425. The number of para-hydroxylation sites is 1. The zero-order chi connectivity index (χ0) is 12.4. The molecule has 0 saturated carbocycles. The smallest absolute Gasteiger partial charge is 0.310 e. The molecule has 0 aromatic heterocycles. The van der Waals surface area contributed by atoms with Crippen LogP contribution in [0.3, 0.4) is 0 Å². The second kappa shape index (κ2) is 4.78. The number of hydrogen-bond donors (Lipinski definition) is 1. The van der Waals surface area contributed by atoms with Crippen LogP contribution < -0.4 is 4.74 Å². The minimum atomic E-state index is -0.754. The van der Waals surface area contributed by atoms with E-state index >= 15 is 0 Å². The van der Waals surface area contributed by atoms with Gasteiger partial charge in [-0.05, 0) is 30.9 Å². The number of carboxylic acids is 1. The third-order valence-electron chi connectivity index (χ3n) is 3.34. The van der Waals surface area contributed by atoms with E-state index in [-0.39, 0.29) is 6.10 Å². The van der Waals surface area contributed by atoms with E-state index in [1.165, 1.54) is 0 Å². The van der Waals surface area contributed by atoms with Crippen molar-refractivity contribution in [3.8, 4) is 5.75 Å². The lowest BCUT2D eigenvalue weighted by molar-refractivity contribution is -0.145. The molecule has 0 bridgehead atoms. The lowest BCUT2D eigenvalue weighted by atomic mass is 9.87. The van der Waals surface area contributed by atoms with E-state index in [2.05, 4.69) is 6.92 Å². The first kappa shape index (κ1) is 12.0. The van der Waals surface area contributed by atoms with Crippen molar-refractivity contribution >= 4 is 5.97 Å². The van der Waals surface area contributed by atoms with Gasteiger partial charge in [0.15, 0.2) is 0 Å². The molecule has 1 aliphatic rings. The van der Waals surface area contributed by atoms with Gasteiger partial charge in [-0.15, -0.1) is 0 Å². The van der Waals surface area contributed by atoms with Gasteiger partial charge in [0.1, 0.15) is 11.9 Å². The number of hydrogen-bond acceptors (Lipinski definition) is 2. The van der Waals surface area contributed by atoms with Gasteiger partial charge in [-0.1, -0.05) is 31.5 Å². The monoisotopic (exact) mass is 234 g/mol. The Morgan fingerprint density at radius 2 is 2.29 bits per heavy atom. The Morgan fingerprint density at radius 3 is 2.94 bits per heavy atom. The van der Waals surface area contributed by atoms with Crippen LogP contribution in [0.15, 0.2) is 18.2 Å². The molecule has 0 amide bonds. The molecule has 17 heavy (non-hydrogen) atoms. The normalized spacial score (nSPS) is 22.7. The van der Waals surface area contributed by atoms with Gasteiger partial charge in [0.25, 0.3) is 0 Å². The van der Waals surface area contributed by atoms with Crippen LogP contribution in [0.4, 0.5) is 0 Å². The van der Waals surface area contributed by atoms with Gasteiger partial charge >= 0.3 is 5.97 Å². The van der Waals surface area contributed by atoms with Gasteiger partial charge < -0.3 is 9.84 Å². The molecule has 2 unspecified atom stereocenters. The number of benzene rings is 1. The Balaban J connectivity index is 2.33. The summed E-state index contributed by atoms with van der Waals surface area (Å²) in [7, 11) is 0. The summed E-state index contributed by atoms with van der Waals surface area (Å²) in [5.74, 6) is -0.275. The molecule has 0 fully saturated rings. The summed E-state index contributed by atoms with van der Waals surface area (Å²) < 4.78 is 5.90. The summed E-state index contributed by atoms with van der Waals surface area (Å²) in [5.41, 5.74) is 2.11. The zero-order valence-electron chi connectivity index (χ0n) is 10.3. The van der Waals surface area contributed by atoms with Crippen molar-refractivity contribution in [1.29, 1.82) is 0 Å². The second-order valence-corrected chi connectivity index (χ2v) is 4.66. The van der Waals surface area contributed by atoms with E-state index in [1.54, 1.807) is 0 Å². The largest absolute Gasteiger partial charge is 0.489 e. The number of carbonyl (C=O) groups is 1. The zero-order valence-corrected chi connectivity index (χ0v) is 10.3. The van der Waals surface area contributed by atoms with E-state index in [0.29, 0.717) is 6.42 Å². The second-order valence-electron chi connectivity index (χ2n) is 4.66. The van der Waals surface area contributed by atoms with Gasteiger partial charge in [0, 0.05) is 0 Å². The third-order valence-corrected chi connectivity index (χ3v) is 3.34. The fourth-order valence-corrected chi connectivity index (χ4v) is 2.44. The molecule has 0 saturated heterocycles. The average molecular weight is 234 g/mol. The Hall–Kier alpha value is -1.51. The first-order valence-corrected chi connectivity index (χ1v) is 6.11. The van der Waals surface area contributed by atoms with Crippen LogP contribution in [0.5, 0.6) is 5.75 Å². The number of carboxylic acid groups (broad SMARTS) is 1. The number of fused-ring (bicyclic) bond motifs is 1. The molecule has 1 N–H and O–H groups in total. The molecule has 0 aliphatic carbocycles. The molecule has 1 aromatic rings. The first-order valence-electron chi connectivity index (χ1n) is 6.11. The van der Waals surface area contributed by atoms with Gasteiger partial charge in [0.2, 0.25) is 0 Å². The summed E-state index contributed by atoms with van der Waals surface area (Å²) >= 11 is 0. The van der Waals surface area contributed by atoms with Crippen molar-refractivity contribution in [2.45, 2.75) is 39.2 Å². The van der Waals surface area contributed by atoms with Gasteiger partial charge in [-0.25, -0.2) is 0 Å². The van der Waals surface area contributed by atoms with Crippen molar-refractivity contribution in [1.82, 2.24) is 0 Å². The summed E-state index contributed by atoms with van der Waals surface area (Å²) in [6.45, 7) is 4.05. The molecule has 0 radical (unpaired) electrons. The molecule has 3 heteroatoms. The Labute approximate surface area is 101 Å². The van der Waals surface area contributed by atoms with E-state index in [4.69, 9.17) is 4.74 Å². The van der Waals surface area contributed by atoms with Crippen molar-refractivity contribution in [2.75, 3.05) is 0 Å².